The summed E-state index contributed by atoms with van der Waals surface area (Å²) in [5.41, 5.74) is 12.8. The van der Waals surface area contributed by atoms with E-state index < -0.39 is 16.1 Å². The van der Waals surface area contributed by atoms with Crippen LogP contribution in [0.15, 0.2) is 68.3 Å². The second-order valence-corrected chi connectivity index (χ2v) is 38.7. The molecule has 0 spiro atoms. The second kappa shape index (κ2) is 25.7. The lowest BCUT2D eigenvalue weighted by molar-refractivity contribution is 0.838. The number of hydrogen-bond donors (Lipinski definition) is 0. The molecule has 10 heteroatoms. The third-order valence-corrected chi connectivity index (χ3v) is 35.9. The molecule has 0 fully saturated rings. The minimum absolute atomic E-state index is 0.514. The van der Waals surface area contributed by atoms with E-state index in [1.807, 2.05) is 94.1 Å². The zero-order valence-corrected chi connectivity index (χ0v) is 49.1. The van der Waals surface area contributed by atoms with E-state index >= 15 is 0 Å². The molecule has 4 aliphatic heterocycles. The van der Waals surface area contributed by atoms with Crippen LogP contribution in [-0.4, -0.2) is 16.1 Å². The Balaban J connectivity index is 1.90. The Labute approximate surface area is 416 Å². The van der Waals surface area contributed by atoms with E-state index in [0.29, 0.717) is 33.2 Å². The fourth-order valence-corrected chi connectivity index (χ4v) is 30.4. The van der Waals surface area contributed by atoms with Crippen LogP contribution in [-0.2, 0) is 0 Å². The van der Waals surface area contributed by atoms with Crippen LogP contribution in [0.2, 0.25) is 33.2 Å². The first kappa shape index (κ1) is 54.3. The number of hydrogen-bond acceptors (Lipinski definition) is 8. The predicted octanol–water partition coefficient (Wildman–Crippen LogP) is 20.2. The maximum Gasteiger partial charge on any atom is 0.146 e. The summed E-state index contributed by atoms with van der Waals surface area (Å²) in [5, 5.41) is 4.50. The molecular weight excluding hydrogens is 937 g/mol. The molecule has 0 nitrogen and oxygen atoms in total. The van der Waals surface area contributed by atoms with Crippen LogP contribution in [0.1, 0.15) is 162 Å². The Kier molecular flexibility index (Phi) is 22.5. The van der Waals surface area contributed by atoms with Gasteiger partial charge in [-0.2, -0.15) is 0 Å². The average molecular weight is 1010 g/mol. The summed E-state index contributed by atoms with van der Waals surface area (Å²) < 4.78 is 5.56. The van der Waals surface area contributed by atoms with Gasteiger partial charge in [0.25, 0.3) is 0 Å². The summed E-state index contributed by atoms with van der Waals surface area (Å²) in [6, 6.07) is 0. The Morgan fingerprint density at radius 2 is 0.677 bits per heavy atom. The summed E-state index contributed by atoms with van der Waals surface area (Å²) in [5.74, 6) is 22.3. The molecule has 4 heterocycles. The van der Waals surface area contributed by atoms with E-state index in [2.05, 4.69) is 168 Å². The van der Waals surface area contributed by atoms with Crippen molar-refractivity contribution in [3.63, 3.8) is 0 Å². The zero-order valence-electron chi connectivity index (χ0n) is 40.5. The van der Waals surface area contributed by atoms with Crippen LogP contribution < -0.4 is 0 Å². The van der Waals surface area contributed by atoms with Crippen molar-refractivity contribution in [2.24, 2.45) is 0 Å². The van der Waals surface area contributed by atoms with Gasteiger partial charge in [-0.25, -0.2) is 0 Å². The van der Waals surface area contributed by atoms with Crippen molar-refractivity contribution >= 4 is 110 Å². The molecule has 0 aromatic carbocycles. The Morgan fingerprint density at radius 3 is 0.935 bits per heavy atom. The van der Waals surface area contributed by atoms with Crippen LogP contribution in [0.25, 0.3) is 0 Å². The van der Waals surface area contributed by atoms with Crippen molar-refractivity contribution < 1.29 is 0 Å². The highest BCUT2D eigenvalue weighted by Gasteiger charge is 2.43. The Hall–Kier alpha value is -0.346. The van der Waals surface area contributed by atoms with Gasteiger partial charge in [-0.3, -0.25) is 0 Å². The quantitative estimate of drug-likeness (QED) is 0.123. The fourth-order valence-electron chi connectivity index (χ4n) is 9.12. The molecule has 336 valence electrons. The normalized spacial score (nSPS) is 17.0. The van der Waals surface area contributed by atoms with Gasteiger partial charge in [0.1, 0.15) is 16.1 Å². The largest absolute Gasteiger partial charge is 0.146 e. The van der Waals surface area contributed by atoms with Crippen LogP contribution >= 0.6 is 94.1 Å². The molecule has 0 aliphatic carbocycles. The molecule has 4 rings (SSSR count). The van der Waals surface area contributed by atoms with Gasteiger partial charge in [0, 0.05) is 19.6 Å². The van der Waals surface area contributed by atoms with Gasteiger partial charge >= 0.3 is 0 Å². The van der Waals surface area contributed by atoms with E-state index in [9.17, 15) is 0 Å². The molecule has 0 bridgehead atoms. The van der Waals surface area contributed by atoms with Crippen molar-refractivity contribution in [1.29, 1.82) is 0 Å². The van der Waals surface area contributed by atoms with Gasteiger partial charge in [-0.15, -0.1) is 11.1 Å². The van der Waals surface area contributed by atoms with Crippen molar-refractivity contribution in [3.8, 4) is 46.6 Å². The minimum atomic E-state index is -2.08. The fraction of sp³-hybridized carbons (Fsp3) is 0.577. The SMILES string of the molecule is CCCC1=C(CCC)SC(=C2SC=C(C#CC(C#CC3=CSC(=C4SC(CCC)=C(CCC)S4)S3)=C(C#C[Si](C(C)C)(C(C)C)C(C)C)C#C[Si](C(C)C)(C(C)C)C(C)C)S2)S1. The standard InChI is InChI=1S/C52H72S8Si2/c1-17-21-45-46(22-18-2)58-51(57-45)49-53-33-43(55-49)27-25-41(26-28-44-34-54-50(56-44)52-59-47(23-19-3)48(60-52)24-20-4)42(29-31-61(35(5)6,36(7)8)37(9)10)30-32-62(38(11)12,39(13)14)40(15)16/h33-40H,17-24H2,1-16H3. The third-order valence-electron chi connectivity index (χ3n) is 12.1. The highest BCUT2D eigenvalue weighted by Crippen LogP contribution is 2.60. The van der Waals surface area contributed by atoms with E-state index in [4.69, 9.17) is 0 Å². The molecule has 62 heavy (non-hydrogen) atoms. The summed E-state index contributed by atoms with van der Waals surface area (Å²) >= 11 is 15.3. The topological polar surface area (TPSA) is 0 Å². The molecule has 0 atom stereocenters. The van der Waals surface area contributed by atoms with Gasteiger partial charge in [-0.05, 0) is 81.6 Å². The van der Waals surface area contributed by atoms with Crippen molar-refractivity contribution in [3.05, 3.63) is 68.3 Å². The summed E-state index contributed by atoms with van der Waals surface area (Å²) in [6.45, 7) is 37.9. The number of rotatable bonds is 14. The minimum Gasteiger partial charge on any atom is -0.124 e. The van der Waals surface area contributed by atoms with Gasteiger partial charge < -0.3 is 0 Å². The first-order valence-electron chi connectivity index (χ1n) is 23.1. The van der Waals surface area contributed by atoms with E-state index in [-0.39, 0.29) is 0 Å². The Morgan fingerprint density at radius 1 is 0.403 bits per heavy atom. The first-order chi connectivity index (χ1) is 29.5. The van der Waals surface area contributed by atoms with Gasteiger partial charge in [0.05, 0.1) is 37.9 Å². The maximum atomic E-state index is 4.06. The summed E-state index contributed by atoms with van der Waals surface area (Å²) in [7, 11) is -4.17. The van der Waals surface area contributed by atoms with E-state index in [0.717, 1.165) is 21.0 Å². The van der Waals surface area contributed by atoms with Crippen molar-refractivity contribution in [1.82, 2.24) is 0 Å². The van der Waals surface area contributed by atoms with Gasteiger partial charge in [-0.1, -0.05) is 254 Å². The lowest BCUT2D eigenvalue weighted by atomic mass is 10.1. The second-order valence-electron chi connectivity index (χ2n) is 18.2. The highest BCUT2D eigenvalue weighted by molar-refractivity contribution is 8.34. The van der Waals surface area contributed by atoms with Gasteiger partial charge in [0.2, 0.25) is 0 Å². The first-order valence-corrected chi connectivity index (χ1v) is 34.2. The summed E-state index contributed by atoms with van der Waals surface area (Å²) in [4.78, 5) is 8.43. The number of allylic oxidation sites excluding steroid dienone is 8. The van der Waals surface area contributed by atoms with E-state index in [1.165, 1.54) is 68.3 Å². The molecule has 0 unspecified atom stereocenters. The summed E-state index contributed by atoms with van der Waals surface area (Å²) in [6.07, 6.45) is 9.41. The molecule has 0 N–H and O–H groups in total. The van der Waals surface area contributed by atoms with Crippen LogP contribution in [0.3, 0.4) is 0 Å². The van der Waals surface area contributed by atoms with Gasteiger partial charge in [0.15, 0.2) is 0 Å². The molecule has 0 aromatic heterocycles. The average Bonchev–Trinajstić information content (AvgIpc) is 4.02. The van der Waals surface area contributed by atoms with Crippen molar-refractivity contribution in [2.45, 2.75) is 195 Å². The van der Waals surface area contributed by atoms with Crippen LogP contribution in [0.4, 0.5) is 0 Å². The monoisotopic (exact) mass is 1010 g/mol. The lowest BCUT2D eigenvalue weighted by Crippen LogP contribution is -2.43. The lowest BCUT2D eigenvalue weighted by Gasteiger charge is -2.38. The molecule has 0 saturated heterocycles. The zero-order chi connectivity index (χ0) is 45.8. The molecular formula is C52H72S8Si2. The molecule has 0 radical (unpaired) electrons. The number of thioether (sulfide) groups is 8. The predicted molar refractivity (Wildman–Crippen MR) is 305 cm³/mol. The highest BCUT2D eigenvalue weighted by atomic mass is 32.2. The molecule has 0 aromatic rings. The maximum absolute atomic E-state index is 4.06. The van der Waals surface area contributed by atoms with E-state index in [1.54, 1.807) is 19.6 Å². The van der Waals surface area contributed by atoms with Crippen LogP contribution in [0, 0.1) is 46.6 Å². The molecule has 0 amide bonds. The third kappa shape index (κ3) is 13.4. The smallest absolute Gasteiger partial charge is 0.124 e. The molecule has 0 saturated carbocycles. The van der Waals surface area contributed by atoms with Crippen molar-refractivity contribution in [2.75, 3.05) is 0 Å². The van der Waals surface area contributed by atoms with Crippen LogP contribution in [0.5, 0.6) is 0 Å². The Bertz CT molecular complexity index is 1910. The molecule has 4 aliphatic rings.